The average molecular weight is 1060 g/mol. The maximum absolute atomic E-state index is 0. The summed E-state index contributed by atoms with van der Waals surface area (Å²) in [5.74, 6) is 0. The zero-order valence-electron chi connectivity index (χ0n) is 18.0. The van der Waals surface area contributed by atoms with E-state index in [2.05, 4.69) is 0 Å². The van der Waals surface area contributed by atoms with Gasteiger partial charge in [-0.25, -0.2) is 0 Å². The van der Waals surface area contributed by atoms with Crippen LogP contribution in [0.3, 0.4) is 0 Å². The molecule has 0 saturated carbocycles. The van der Waals surface area contributed by atoms with Crippen molar-refractivity contribution in [2.45, 2.75) is 0 Å². The molecule has 0 amide bonds. The molecule has 0 aromatic heterocycles. The van der Waals surface area contributed by atoms with Crippen molar-refractivity contribution in [3.05, 3.63) is 0 Å². The molecule has 0 unspecified atom stereocenters. The Kier molecular flexibility index (Phi) is 313. The van der Waals surface area contributed by atoms with Gasteiger partial charge in [-0.3, -0.25) is 0 Å². The van der Waals surface area contributed by atoms with Gasteiger partial charge in [-0.15, -0.1) is 0 Å². The van der Waals surface area contributed by atoms with Crippen molar-refractivity contribution in [3.8, 4) is 0 Å². The standard InChI is InChI=1S/7Cs.K.Rb.9H/q9*+1;9*-1. The molecule has 0 radical (unpaired) electrons. The minimum atomic E-state index is 0. The normalized spacial score (nSPS) is 0. The third-order valence-electron chi connectivity index (χ3n) is 0. The molecule has 0 bridgehead atoms. The summed E-state index contributed by atoms with van der Waals surface area (Å²) >= 11 is 0. The van der Waals surface area contributed by atoms with Crippen molar-refractivity contribution in [3.63, 3.8) is 0 Å². The van der Waals surface area contributed by atoms with Gasteiger partial charge in [0.25, 0.3) is 0 Å². The Balaban J connectivity index is 0. The number of hydrogen-bond donors (Lipinski definition) is 0. The van der Waals surface area contributed by atoms with Gasteiger partial charge in [0.2, 0.25) is 0 Å². The molecule has 0 aromatic rings. The van der Waals surface area contributed by atoms with Gasteiger partial charge < -0.3 is 12.8 Å². The number of hydrogen-bond acceptors (Lipinski definition) is 0. The van der Waals surface area contributed by atoms with Crippen LogP contribution in [0.4, 0.5) is 0 Å². The summed E-state index contributed by atoms with van der Waals surface area (Å²) in [4.78, 5) is 0. The fourth-order valence-electron chi connectivity index (χ4n) is 0. The molecule has 9 heteroatoms. The van der Waals surface area contributed by atoms with E-state index in [0.717, 1.165) is 0 Å². The van der Waals surface area contributed by atoms with Crippen molar-refractivity contribution < 1.29 is 605 Å². The molecule has 0 aliphatic carbocycles. The summed E-state index contributed by atoms with van der Waals surface area (Å²) in [6.07, 6.45) is 0. The van der Waals surface area contributed by atoms with Crippen molar-refractivity contribution in [1.82, 2.24) is 0 Å². The van der Waals surface area contributed by atoms with Crippen LogP contribution in [0.15, 0.2) is 0 Å². The van der Waals surface area contributed by atoms with E-state index in [1.807, 2.05) is 0 Å². The van der Waals surface area contributed by atoms with Gasteiger partial charge in [0, 0.05) is 0 Å². The molecule has 0 rings (SSSR count). The Morgan fingerprint density at radius 3 is 0.444 bits per heavy atom. The Bertz CT molecular complexity index is 26.9. The topological polar surface area (TPSA) is 0 Å². The summed E-state index contributed by atoms with van der Waals surface area (Å²) < 4.78 is 0. The van der Waals surface area contributed by atoms with Crippen LogP contribution < -0.4 is 592 Å². The summed E-state index contributed by atoms with van der Waals surface area (Å²) in [6.45, 7) is 0. The quantitative estimate of drug-likeness (QED) is 0.212. The van der Waals surface area contributed by atoms with Crippen molar-refractivity contribution in [2.24, 2.45) is 0 Å². The molecule has 0 spiro atoms. The monoisotopic (exact) mass is 1060 g/mol. The Morgan fingerprint density at radius 2 is 0.444 bits per heavy atom. The molecule has 0 nitrogen and oxygen atoms in total. The maximum Gasteiger partial charge on any atom is 1.00 e. The molecule has 0 aromatic carbocycles. The predicted octanol–water partition coefficient (Wildman–Crippen LogP) is -26.0. The Morgan fingerprint density at radius 1 is 0.444 bits per heavy atom. The van der Waals surface area contributed by atoms with Crippen LogP contribution >= 0.6 is 0 Å². The maximum atomic E-state index is 0. The van der Waals surface area contributed by atoms with Crippen molar-refractivity contribution >= 4 is 0 Å². The van der Waals surface area contributed by atoms with E-state index >= 15 is 0 Å². The van der Waals surface area contributed by atoms with Gasteiger partial charge in [-0.2, -0.15) is 0 Å². The Labute approximate surface area is 576 Å². The first kappa shape index (κ1) is 56.3. The van der Waals surface area contributed by atoms with Crippen LogP contribution in [-0.4, -0.2) is 0 Å². The van der Waals surface area contributed by atoms with Gasteiger partial charge in [-0.1, -0.05) is 0 Å². The second-order valence-corrected chi connectivity index (χ2v) is 0. The van der Waals surface area contributed by atoms with Crippen LogP contribution in [0.1, 0.15) is 12.8 Å². The molecular formula is H9Cs7KRb. The largest absolute Gasteiger partial charge is 1.00 e. The summed E-state index contributed by atoms with van der Waals surface area (Å²) in [7, 11) is 0. The molecule has 0 saturated heterocycles. The van der Waals surface area contributed by atoms with E-state index < -0.39 is 0 Å². The first-order chi connectivity index (χ1) is 0. The molecule has 0 heterocycles. The SMILES string of the molecule is [Cs+].[Cs+].[Cs+].[Cs+].[Cs+].[Cs+].[Cs+].[H-].[H-].[H-].[H-].[H-].[H-].[H-].[H-].[H-].[K+].[Rb+]. The second kappa shape index (κ2) is 50.1. The van der Waals surface area contributed by atoms with E-state index in [1.54, 1.807) is 0 Å². The van der Waals surface area contributed by atoms with Gasteiger partial charge in [0.15, 0.2) is 0 Å². The summed E-state index contributed by atoms with van der Waals surface area (Å²) in [5, 5.41) is 0. The molecule has 0 N–H and O–H groups in total. The molecule has 18 valence electrons. The fraction of sp³-hybridized carbons (Fsp3) is 0. The second-order valence-electron chi connectivity index (χ2n) is 0. The minimum absolute atomic E-state index is 0. The first-order valence-corrected chi connectivity index (χ1v) is 0. The van der Waals surface area contributed by atoms with Crippen LogP contribution in [0.5, 0.6) is 0 Å². The van der Waals surface area contributed by atoms with Crippen LogP contribution in [0.25, 0.3) is 0 Å². The van der Waals surface area contributed by atoms with E-state index in [-0.39, 0.29) is 605 Å². The first-order valence-electron chi connectivity index (χ1n) is 0. The van der Waals surface area contributed by atoms with Gasteiger partial charge >= 0.3 is 592 Å². The van der Waals surface area contributed by atoms with Crippen LogP contribution in [0.2, 0.25) is 0 Å². The van der Waals surface area contributed by atoms with Gasteiger partial charge in [0.1, 0.15) is 0 Å². The average Bonchev–Trinajstić information content (AvgIpc) is 0. The molecular weight excluding hydrogens is 1050 g/mol. The smallest absolute Gasteiger partial charge is 1.00 e. The number of rotatable bonds is 0. The molecule has 0 atom stereocenters. The van der Waals surface area contributed by atoms with E-state index in [9.17, 15) is 0 Å². The van der Waals surface area contributed by atoms with Crippen LogP contribution in [0, 0.1) is 0 Å². The van der Waals surface area contributed by atoms with E-state index in [1.165, 1.54) is 0 Å². The zero-order chi connectivity index (χ0) is 0. The van der Waals surface area contributed by atoms with E-state index in [0.29, 0.717) is 0 Å². The summed E-state index contributed by atoms with van der Waals surface area (Å²) in [5.41, 5.74) is 0. The molecule has 9 heavy (non-hydrogen) atoms. The van der Waals surface area contributed by atoms with Crippen LogP contribution in [-0.2, 0) is 0 Å². The van der Waals surface area contributed by atoms with Gasteiger partial charge in [-0.05, 0) is 0 Å². The molecule has 0 fully saturated rings. The van der Waals surface area contributed by atoms with Gasteiger partial charge in [0.05, 0.1) is 0 Å². The Hall–Kier alpha value is 17.8. The predicted molar refractivity (Wildman–Crippen MR) is 10.0 cm³/mol. The van der Waals surface area contributed by atoms with E-state index in [4.69, 9.17) is 0 Å². The third-order valence-corrected chi connectivity index (χ3v) is 0. The molecule has 0 aliphatic heterocycles. The van der Waals surface area contributed by atoms with Crippen molar-refractivity contribution in [2.75, 3.05) is 0 Å². The fourth-order valence-corrected chi connectivity index (χ4v) is 0. The van der Waals surface area contributed by atoms with Crippen molar-refractivity contribution in [1.29, 1.82) is 0 Å². The zero-order valence-corrected chi connectivity index (χ0v) is 61.0. The molecule has 0 aliphatic rings. The summed E-state index contributed by atoms with van der Waals surface area (Å²) in [6, 6.07) is 0. The minimum Gasteiger partial charge on any atom is -1.00 e. The third kappa shape index (κ3) is 46.1.